The van der Waals surface area contributed by atoms with Gasteiger partial charge in [0.25, 0.3) is 0 Å². The van der Waals surface area contributed by atoms with Gasteiger partial charge in [0, 0.05) is 19.3 Å². The molecule has 0 aliphatic carbocycles. The third-order valence-corrected chi connectivity index (χ3v) is 4.16. The van der Waals surface area contributed by atoms with Gasteiger partial charge in [0.05, 0.1) is 24.7 Å². The quantitative estimate of drug-likeness (QED) is 0.711. The largest absolute Gasteiger partial charge is 0.487 e. The molecule has 0 aromatic carbocycles. The van der Waals surface area contributed by atoms with E-state index >= 15 is 0 Å². The Morgan fingerprint density at radius 3 is 2.73 bits per heavy atom. The van der Waals surface area contributed by atoms with Crippen molar-refractivity contribution in [3.8, 4) is 5.75 Å². The highest BCUT2D eigenvalue weighted by atomic mass is 19.4. The van der Waals surface area contributed by atoms with Crippen molar-refractivity contribution in [2.24, 2.45) is 7.05 Å². The highest BCUT2D eigenvalue weighted by Crippen LogP contribution is 2.31. The first-order valence-electron chi connectivity index (χ1n) is 7.92. The van der Waals surface area contributed by atoms with E-state index in [9.17, 15) is 13.2 Å². The number of alkyl halides is 3. The van der Waals surface area contributed by atoms with Gasteiger partial charge in [-0.05, 0) is 13.0 Å². The summed E-state index contributed by atoms with van der Waals surface area (Å²) in [6.07, 6.45) is -1.91. The molecule has 0 unspecified atom stereocenters. The number of hydrogen-bond donors (Lipinski definition) is 0. The standard InChI is InChI=1S/C16H15F3N6O/c1-9-22-14-12(6-21-24(14)2)15(23-9)25-7-11(8-25)26-10-3-4-20-13(5-10)16(17,18)19/h3-6,11H,7-8H2,1-2H3. The van der Waals surface area contributed by atoms with E-state index in [-0.39, 0.29) is 11.9 Å². The summed E-state index contributed by atoms with van der Waals surface area (Å²) < 4.78 is 45.5. The summed E-state index contributed by atoms with van der Waals surface area (Å²) in [6.45, 7) is 2.84. The van der Waals surface area contributed by atoms with Crippen LogP contribution in [0.4, 0.5) is 19.0 Å². The van der Waals surface area contributed by atoms with Crippen LogP contribution >= 0.6 is 0 Å². The van der Waals surface area contributed by atoms with Gasteiger partial charge in [-0.15, -0.1) is 0 Å². The minimum Gasteiger partial charge on any atom is -0.487 e. The van der Waals surface area contributed by atoms with E-state index < -0.39 is 11.9 Å². The summed E-state index contributed by atoms with van der Waals surface area (Å²) in [6, 6.07) is 2.34. The summed E-state index contributed by atoms with van der Waals surface area (Å²) in [5.41, 5.74) is -0.226. The summed E-state index contributed by atoms with van der Waals surface area (Å²) >= 11 is 0. The summed E-state index contributed by atoms with van der Waals surface area (Å²) in [5, 5.41) is 5.03. The van der Waals surface area contributed by atoms with Crippen LogP contribution in [-0.4, -0.2) is 43.9 Å². The van der Waals surface area contributed by atoms with Gasteiger partial charge in [-0.2, -0.15) is 18.3 Å². The molecular formula is C16H15F3N6O. The highest BCUT2D eigenvalue weighted by Gasteiger charge is 2.34. The third kappa shape index (κ3) is 2.91. The summed E-state index contributed by atoms with van der Waals surface area (Å²) in [4.78, 5) is 14.2. The number of nitrogens with zero attached hydrogens (tertiary/aromatic N) is 6. The maximum atomic E-state index is 12.7. The second kappa shape index (κ2) is 5.82. The van der Waals surface area contributed by atoms with Crippen LogP contribution in [0.1, 0.15) is 11.5 Å². The van der Waals surface area contributed by atoms with Crippen molar-refractivity contribution in [1.29, 1.82) is 0 Å². The number of hydrogen-bond acceptors (Lipinski definition) is 6. The van der Waals surface area contributed by atoms with Crippen molar-refractivity contribution in [3.05, 3.63) is 36.0 Å². The Bertz CT molecular complexity index is 964. The lowest BCUT2D eigenvalue weighted by molar-refractivity contribution is -0.141. The Kier molecular flexibility index (Phi) is 3.70. The molecule has 1 aliphatic heterocycles. The predicted molar refractivity (Wildman–Crippen MR) is 86.9 cm³/mol. The van der Waals surface area contributed by atoms with Crippen LogP contribution in [0, 0.1) is 6.92 Å². The second-order valence-electron chi connectivity index (χ2n) is 6.12. The Hall–Kier alpha value is -2.91. The predicted octanol–water partition coefficient (Wildman–Crippen LogP) is 2.35. The van der Waals surface area contributed by atoms with E-state index in [4.69, 9.17) is 4.74 Å². The van der Waals surface area contributed by atoms with Crippen LogP contribution in [0.3, 0.4) is 0 Å². The van der Waals surface area contributed by atoms with Gasteiger partial charge >= 0.3 is 6.18 Å². The lowest BCUT2D eigenvalue weighted by Crippen LogP contribution is -2.54. The Labute approximate surface area is 146 Å². The average Bonchev–Trinajstić information content (AvgIpc) is 2.91. The second-order valence-corrected chi connectivity index (χ2v) is 6.12. The number of rotatable bonds is 3. The average molecular weight is 364 g/mol. The van der Waals surface area contributed by atoms with Crippen LogP contribution in [0.25, 0.3) is 11.0 Å². The molecule has 0 N–H and O–H groups in total. The topological polar surface area (TPSA) is 69.0 Å². The van der Waals surface area contributed by atoms with Gasteiger partial charge in [-0.1, -0.05) is 0 Å². The lowest BCUT2D eigenvalue weighted by atomic mass is 10.1. The molecule has 0 atom stereocenters. The van der Waals surface area contributed by atoms with Gasteiger partial charge in [0.15, 0.2) is 5.65 Å². The number of pyridine rings is 1. The van der Waals surface area contributed by atoms with E-state index in [0.29, 0.717) is 18.9 Å². The van der Waals surface area contributed by atoms with Crippen LogP contribution in [-0.2, 0) is 13.2 Å². The van der Waals surface area contributed by atoms with Gasteiger partial charge in [0.1, 0.15) is 29.2 Å². The summed E-state index contributed by atoms with van der Waals surface area (Å²) in [7, 11) is 1.81. The lowest BCUT2D eigenvalue weighted by Gasteiger charge is -2.40. The molecule has 0 spiro atoms. The van der Waals surface area contributed by atoms with Gasteiger partial charge in [0.2, 0.25) is 0 Å². The van der Waals surface area contributed by atoms with E-state index in [1.807, 2.05) is 11.9 Å². The molecule has 1 saturated heterocycles. The fourth-order valence-electron chi connectivity index (χ4n) is 2.87. The SMILES string of the molecule is Cc1nc(N2CC(Oc3ccnc(C(F)(F)F)c3)C2)c2cnn(C)c2n1. The van der Waals surface area contributed by atoms with E-state index in [0.717, 1.165) is 29.1 Å². The molecule has 1 aliphatic rings. The third-order valence-electron chi connectivity index (χ3n) is 4.16. The Morgan fingerprint density at radius 2 is 2.00 bits per heavy atom. The molecule has 3 aromatic heterocycles. The first-order chi connectivity index (χ1) is 12.3. The highest BCUT2D eigenvalue weighted by molar-refractivity contribution is 5.87. The van der Waals surface area contributed by atoms with Crippen molar-refractivity contribution in [1.82, 2.24) is 24.7 Å². The molecule has 0 amide bonds. The van der Waals surface area contributed by atoms with Crippen molar-refractivity contribution in [2.45, 2.75) is 19.2 Å². The van der Waals surface area contributed by atoms with Crippen molar-refractivity contribution >= 4 is 16.9 Å². The zero-order valence-electron chi connectivity index (χ0n) is 14.0. The molecule has 4 heterocycles. The number of halogens is 3. The molecule has 7 nitrogen and oxygen atoms in total. The maximum absolute atomic E-state index is 12.7. The molecule has 4 rings (SSSR count). The molecule has 3 aromatic rings. The zero-order valence-corrected chi connectivity index (χ0v) is 14.0. The minimum atomic E-state index is -4.49. The van der Waals surface area contributed by atoms with Gasteiger partial charge in [-0.25, -0.2) is 9.97 Å². The van der Waals surface area contributed by atoms with Crippen molar-refractivity contribution in [3.63, 3.8) is 0 Å². The fourth-order valence-corrected chi connectivity index (χ4v) is 2.87. The van der Waals surface area contributed by atoms with Crippen molar-refractivity contribution in [2.75, 3.05) is 18.0 Å². The smallest absolute Gasteiger partial charge is 0.433 e. The minimum absolute atomic E-state index is 0.155. The normalized spacial score (nSPS) is 15.3. The molecule has 1 fully saturated rings. The van der Waals surface area contributed by atoms with Crippen molar-refractivity contribution < 1.29 is 17.9 Å². The number of aryl methyl sites for hydroxylation is 2. The Morgan fingerprint density at radius 1 is 1.23 bits per heavy atom. The number of fused-ring (bicyclic) bond motifs is 1. The summed E-state index contributed by atoms with van der Waals surface area (Å²) in [5.74, 6) is 1.54. The van der Waals surface area contributed by atoms with Crippen LogP contribution in [0.15, 0.2) is 24.5 Å². The molecule has 136 valence electrons. The number of anilines is 1. The fraction of sp³-hybridized carbons (Fsp3) is 0.375. The first-order valence-corrected chi connectivity index (χ1v) is 7.92. The van der Waals surface area contributed by atoms with Crippen LogP contribution < -0.4 is 9.64 Å². The molecular weight excluding hydrogens is 349 g/mol. The maximum Gasteiger partial charge on any atom is 0.433 e. The molecule has 10 heteroatoms. The monoisotopic (exact) mass is 364 g/mol. The Balaban J connectivity index is 1.48. The number of aromatic nitrogens is 5. The number of ether oxygens (including phenoxy) is 1. The van der Waals surface area contributed by atoms with Crippen LogP contribution in [0.2, 0.25) is 0 Å². The van der Waals surface area contributed by atoms with Gasteiger partial charge in [-0.3, -0.25) is 9.67 Å². The van der Waals surface area contributed by atoms with Crippen LogP contribution in [0.5, 0.6) is 5.75 Å². The molecule has 0 radical (unpaired) electrons. The molecule has 0 bridgehead atoms. The van der Waals surface area contributed by atoms with E-state index in [1.54, 1.807) is 17.8 Å². The van der Waals surface area contributed by atoms with E-state index in [1.165, 1.54) is 6.07 Å². The zero-order chi connectivity index (χ0) is 18.5. The molecule has 0 saturated carbocycles. The molecule has 26 heavy (non-hydrogen) atoms. The van der Waals surface area contributed by atoms with E-state index in [2.05, 4.69) is 20.1 Å². The van der Waals surface area contributed by atoms with Gasteiger partial charge < -0.3 is 9.64 Å². The first kappa shape index (κ1) is 16.6.